The molecule has 0 N–H and O–H groups in total. The number of ketones is 1. The zero-order valence-electron chi connectivity index (χ0n) is 7.77. The van der Waals surface area contributed by atoms with Crippen LogP contribution in [-0.2, 0) is 5.92 Å². The average molecular weight is 202 g/mol. The van der Waals surface area contributed by atoms with Crippen LogP contribution in [0.15, 0.2) is 18.2 Å². The molecule has 4 heteroatoms. The van der Waals surface area contributed by atoms with Crippen molar-refractivity contribution in [2.75, 3.05) is 0 Å². The van der Waals surface area contributed by atoms with Crippen LogP contribution in [-0.4, -0.2) is 5.78 Å². The third-order valence-corrected chi connectivity index (χ3v) is 1.86. The molecule has 0 saturated carbocycles. The van der Waals surface area contributed by atoms with Gasteiger partial charge in [0.2, 0.25) is 0 Å². The molecule has 0 bridgehead atoms. The van der Waals surface area contributed by atoms with Gasteiger partial charge < -0.3 is 0 Å². The highest BCUT2D eigenvalue weighted by Gasteiger charge is 2.25. The predicted molar refractivity (Wildman–Crippen MR) is 46.0 cm³/mol. The zero-order chi connectivity index (χ0) is 10.9. The smallest absolute Gasteiger partial charge is 0.270 e. The standard InChI is InChI=1S/C10H9F3O/c1-6(14)8-4-3-7(5-9(8)11)10(2,12)13/h3-5H,1-2H3. The van der Waals surface area contributed by atoms with Crippen LogP contribution in [0.25, 0.3) is 0 Å². The van der Waals surface area contributed by atoms with Gasteiger partial charge in [-0.3, -0.25) is 4.79 Å². The Morgan fingerprint density at radius 1 is 1.36 bits per heavy atom. The number of benzene rings is 1. The minimum absolute atomic E-state index is 0.169. The highest BCUT2D eigenvalue weighted by atomic mass is 19.3. The normalized spacial score (nSPS) is 11.5. The van der Waals surface area contributed by atoms with Crippen LogP contribution in [0, 0.1) is 5.82 Å². The molecule has 1 nitrogen and oxygen atoms in total. The maximum Gasteiger partial charge on any atom is 0.270 e. The highest BCUT2D eigenvalue weighted by molar-refractivity contribution is 5.94. The van der Waals surface area contributed by atoms with E-state index in [1.54, 1.807) is 0 Å². The molecule has 0 unspecified atom stereocenters. The summed E-state index contributed by atoms with van der Waals surface area (Å²) in [5, 5.41) is 0. The fraction of sp³-hybridized carbons (Fsp3) is 0.300. The Balaban J connectivity index is 3.20. The van der Waals surface area contributed by atoms with Crippen LogP contribution in [0.5, 0.6) is 0 Å². The third-order valence-electron chi connectivity index (χ3n) is 1.86. The van der Waals surface area contributed by atoms with Crippen LogP contribution in [0.4, 0.5) is 13.2 Å². The van der Waals surface area contributed by atoms with Crippen LogP contribution in [0.2, 0.25) is 0 Å². The van der Waals surface area contributed by atoms with Crippen molar-refractivity contribution in [3.05, 3.63) is 35.1 Å². The van der Waals surface area contributed by atoms with Crippen molar-refractivity contribution in [3.63, 3.8) is 0 Å². The van der Waals surface area contributed by atoms with E-state index in [-0.39, 0.29) is 5.56 Å². The van der Waals surface area contributed by atoms with Crippen molar-refractivity contribution >= 4 is 5.78 Å². The molecule has 1 aromatic carbocycles. The molecule has 0 heterocycles. The van der Waals surface area contributed by atoms with Gasteiger partial charge in [0.1, 0.15) is 5.82 Å². The molecule has 0 saturated heterocycles. The summed E-state index contributed by atoms with van der Waals surface area (Å²) in [5.41, 5.74) is -0.599. The van der Waals surface area contributed by atoms with Gasteiger partial charge in [-0.1, -0.05) is 6.07 Å². The predicted octanol–water partition coefficient (Wildman–Crippen LogP) is 3.14. The molecular weight excluding hydrogens is 193 g/mol. The number of halogens is 3. The SMILES string of the molecule is CC(=O)c1ccc(C(C)(F)F)cc1F. The fourth-order valence-corrected chi connectivity index (χ4v) is 1.07. The largest absolute Gasteiger partial charge is 0.294 e. The van der Waals surface area contributed by atoms with Crippen LogP contribution >= 0.6 is 0 Å². The van der Waals surface area contributed by atoms with Crippen molar-refractivity contribution in [1.29, 1.82) is 0 Å². The number of Topliss-reactive ketones (excluding diaryl/α,β-unsaturated/α-hetero) is 1. The van der Waals surface area contributed by atoms with E-state index in [0.29, 0.717) is 13.0 Å². The highest BCUT2D eigenvalue weighted by Crippen LogP contribution is 2.28. The molecule has 0 aliphatic rings. The Hall–Kier alpha value is -1.32. The van der Waals surface area contributed by atoms with E-state index in [4.69, 9.17) is 0 Å². The topological polar surface area (TPSA) is 17.1 Å². The first-order chi connectivity index (χ1) is 6.32. The lowest BCUT2D eigenvalue weighted by Gasteiger charge is -2.11. The number of hydrogen-bond acceptors (Lipinski definition) is 1. The summed E-state index contributed by atoms with van der Waals surface area (Å²) in [6, 6.07) is 2.82. The van der Waals surface area contributed by atoms with E-state index >= 15 is 0 Å². The molecule has 0 amide bonds. The summed E-state index contributed by atoms with van der Waals surface area (Å²) < 4.78 is 38.5. The van der Waals surface area contributed by atoms with Gasteiger partial charge in [-0.2, -0.15) is 0 Å². The summed E-state index contributed by atoms with van der Waals surface area (Å²) in [5.74, 6) is -4.47. The number of carbonyl (C=O) groups excluding carboxylic acids is 1. The minimum Gasteiger partial charge on any atom is -0.294 e. The summed E-state index contributed by atoms with van der Waals surface area (Å²) in [4.78, 5) is 10.8. The number of rotatable bonds is 2. The Kier molecular flexibility index (Phi) is 2.64. The van der Waals surface area contributed by atoms with Crippen molar-refractivity contribution < 1.29 is 18.0 Å². The van der Waals surface area contributed by atoms with Gasteiger partial charge in [0, 0.05) is 12.5 Å². The van der Waals surface area contributed by atoms with Gasteiger partial charge in [-0.25, -0.2) is 13.2 Å². The summed E-state index contributed by atoms with van der Waals surface area (Å²) in [6.45, 7) is 1.86. The molecule has 0 atom stereocenters. The molecule has 0 spiro atoms. The van der Waals surface area contributed by atoms with Crippen LogP contribution in [0.3, 0.4) is 0 Å². The maximum atomic E-state index is 13.1. The van der Waals surface area contributed by atoms with Crippen molar-refractivity contribution in [2.45, 2.75) is 19.8 Å². The van der Waals surface area contributed by atoms with Gasteiger partial charge in [0.15, 0.2) is 5.78 Å². The Bertz CT molecular complexity index is 366. The second-order valence-electron chi connectivity index (χ2n) is 3.14. The molecule has 1 rings (SSSR count). The van der Waals surface area contributed by atoms with E-state index in [1.165, 1.54) is 6.92 Å². The lowest BCUT2D eigenvalue weighted by molar-refractivity contribution is 0.0171. The lowest BCUT2D eigenvalue weighted by Crippen LogP contribution is -2.08. The first-order valence-electron chi connectivity index (χ1n) is 4.01. The second-order valence-corrected chi connectivity index (χ2v) is 3.14. The molecule has 0 aliphatic carbocycles. The summed E-state index contributed by atoms with van der Waals surface area (Å²) >= 11 is 0. The van der Waals surface area contributed by atoms with E-state index in [2.05, 4.69) is 0 Å². The number of hydrogen-bond donors (Lipinski definition) is 0. The van der Waals surface area contributed by atoms with Gasteiger partial charge >= 0.3 is 0 Å². The molecule has 1 aromatic rings. The monoisotopic (exact) mass is 202 g/mol. The third kappa shape index (κ3) is 2.13. The molecule has 14 heavy (non-hydrogen) atoms. The van der Waals surface area contributed by atoms with Gasteiger partial charge in [0.25, 0.3) is 5.92 Å². The number of carbonyl (C=O) groups is 1. The lowest BCUT2D eigenvalue weighted by atomic mass is 10.0. The molecule has 76 valence electrons. The van der Waals surface area contributed by atoms with Gasteiger partial charge in [-0.05, 0) is 19.1 Å². The molecule has 0 aromatic heterocycles. The van der Waals surface area contributed by atoms with E-state index in [0.717, 1.165) is 12.1 Å². The van der Waals surface area contributed by atoms with Gasteiger partial charge in [-0.15, -0.1) is 0 Å². The van der Waals surface area contributed by atoms with Crippen molar-refractivity contribution in [2.24, 2.45) is 0 Å². The van der Waals surface area contributed by atoms with Crippen molar-refractivity contribution in [1.82, 2.24) is 0 Å². The van der Waals surface area contributed by atoms with Crippen LogP contribution in [0.1, 0.15) is 29.8 Å². The summed E-state index contributed by atoms with van der Waals surface area (Å²) in [7, 11) is 0. The Labute approximate surface area is 79.5 Å². The average Bonchev–Trinajstić information content (AvgIpc) is 2.01. The molecule has 0 fully saturated rings. The quantitative estimate of drug-likeness (QED) is 0.673. The van der Waals surface area contributed by atoms with E-state index in [9.17, 15) is 18.0 Å². The molecular formula is C10H9F3O. The molecule has 0 aliphatic heterocycles. The zero-order valence-corrected chi connectivity index (χ0v) is 7.77. The second kappa shape index (κ2) is 3.44. The maximum absolute atomic E-state index is 13.1. The first-order valence-corrected chi connectivity index (χ1v) is 4.01. The van der Waals surface area contributed by atoms with Crippen LogP contribution < -0.4 is 0 Å². The minimum atomic E-state index is -3.09. The Morgan fingerprint density at radius 3 is 2.29 bits per heavy atom. The molecule has 0 radical (unpaired) electrons. The number of alkyl halides is 2. The first kappa shape index (κ1) is 10.8. The van der Waals surface area contributed by atoms with E-state index < -0.39 is 23.1 Å². The van der Waals surface area contributed by atoms with E-state index in [1.807, 2.05) is 0 Å². The summed E-state index contributed by atoms with van der Waals surface area (Å²) in [6.07, 6.45) is 0. The van der Waals surface area contributed by atoms with Crippen molar-refractivity contribution in [3.8, 4) is 0 Å². The van der Waals surface area contributed by atoms with Gasteiger partial charge in [0.05, 0.1) is 5.56 Å². The fourth-order valence-electron chi connectivity index (χ4n) is 1.07. The Morgan fingerprint density at radius 2 is 1.93 bits per heavy atom.